The van der Waals surface area contributed by atoms with Crippen LogP contribution >= 0.6 is 0 Å². The number of carbonyl (C=O) groups excluding carboxylic acids is 1. The lowest BCUT2D eigenvalue weighted by Crippen LogP contribution is -2.30. The fourth-order valence-electron chi connectivity index (χ4n) is 1.14. The number of rotatable bonds is 4. The van der Waals surface area contributed by atoms with Crippen LogP contribution in [0.25, 0.3) is 0 Å². The van der Waals surface area contributed by atoms with Crippen LogP contribution in [0.1, 0.15) is 5.56 Å². The molecule has 0 saturated heterocycles. The van der Waals surface area contributed by atoms with Crippen molar-refractivity contribution in [3.8, 4) is 5.75 Å². The van der Waals surface area contributed by atoms with Crippen LogP contribution in [-0.4, -0.2) is 18.8 Å². The molecule has 0 aliphatic heterocycles. The summed E-state index contributed by atoms with van der Waals surface area (Å²) in [4.78, 5) is 10.9. The Morgan fingerprint density at radius 1 is 1.35 bits per heavy atom. The molecule has 94 valence electrons. The Balaban J connectivity index is 2.74. The molecule has 4 nitrogen and oxygen atoms in total. The molecule has 0 saturated carbocycles. The predicted octanol–water partition coefficient (Wildman–Crippen LogP) is 1.16. The van der Waals surface area contributed by atoms with E-state index in [9.17, 15) is 18.0 Å². The molecule has 0 aliphatic rings. The van der Waals surface area contributed by atoms with Crippen LogP contribution in [-0.2, 0) is 11.3 Å². The molecule has 1 amide bonds. The van der Waals surface area contributed by atoms with Gasteiger partial charge in [-0.3, -0.25) is 4.79 Å². The number of halogens is 3. The van der Waals surface area contributed by atoms with Crippen LogP contribution in [0.4, 0.5) is 13.2 Å². The lowest BCUT2D eigenvalue weighted by Gasteiger charge is -2.13. The Labute approximate surface area is 95.6 Å². The second-order valence-corrected chi connectivity index (χ2v) is 3.14. The highest BCUT2D eigenvalue weighted by molar-refractivity contribution is 5.77. The standard InChI is InChI=1S/C10H11F3N2O2/c11-10(12,13)17-8-4-2-1-3-7(8)6-15-9(16)5-14/h1-4H,5-6,14H2,(H,15,16). The van der Waals surface area contributed by atoms with Gasteiger partial charge in [0.15, 0.2) is 0 Å². The third-order valence-electron chi connectivity index (χ3n) is 1.86. The minimum Gasteiger partial charge on any atom is -0.405 e. The summed E-state index contributed by atoms with van der Waals surface area (Å²) >= 11 is 0. The summed E-state index contributed by atoms with van der Waals surface area (Å²) in [5, 5.41) is 2.36. The first-order valence-electron chi connectivity index (χ1n) is 4.73. The van der Waals surface area contributed by atoms with Gasteiger partial charge in [0, 0.05) is 12.1 Å². The summed E-state index contributed by atoms with van der Waals surface area (Å²) < 4.78 is 40.0. The lowest BCUT2D eigenvalue weighted by molar-refractivity contribution is -0.274. The van der Waals surface area contributed by atoms with Crippen LogP contribution in [0, 0.1) is 0 Å². The largest absolute Gasteiger partial charge is 0.573 e. The van der Waals surface area contributed by atoms with Crippen molar-refractivity contribution >= 4 is 5.91 Å². The first-order valence-corrected chi connectivity index (χ1v) is 4.73. The summed E-state index contributed by atoms with van der Waals surface area (Å²) in [5.41, 5.74) is 5.28. The van der Waals surface area contributed by atoms with Gasteiger partial charge >= 0.3 is 6.36 Å². The van der Waals surface area contributed by atoms with E-state index in [0.717, 1.165) is 0 Å². The van der Waals surface area contributed by atoms with Crippen LogP contribution in [0.2, 0.25) is 0 Å². The minimum absolute atomic E-state index is 0.0672. The van der Waals surface area contributed by atoms with E-state index in [-0.39, 0.29) is 24.4 Å². The van der Waals surface area contributed by atoms with Crippen molar-refractivity contribution in [3.63, 3.8) is 0 Å². The van der Waals surface area contributed by atoms with Crippen molar-refractivity contribution in [2.45, 2.75) is 12.9 Å². The summed E-state index contributed by atoms with van der Waals surface area (Å²) in [7, 11) is 0. The van der Waals surface area contributed by atoms with E-state index >= 15 is 0 Å². The van der Waals surface area contributed by atoms with Gasteiger partial charge in [-0.05, 0) is 6.07 Å². The number of hydrogen-bond donors (Lipinski definition) is 2. The fraction of sp³-hybridized carbons (Fsp3) is 0.300. The number of alkyl halides is 3. The normalized spacial score (nSPS) is 11.1. The zero-order chi connectivity index (χ0) is 12.9. The van der Waals surface area contributed by atoms with Gasteiger partial charge in [-0.2, -0.15) is 0 Å². The van der Waals surface area contributed by atoms with E-state index in [1.165, 1.54) is 18.2 Å². The number of para-hydroxylation sites is 1. The summed E-state index contributed by atoms with van der Waals surface area (Å²) in [6, 6.07) is 5.57. The second-order valence-electron chi connectivity index (χ2n) is 3.14. The third kappa shape index (κ3) is 4.73. The van der Waals surface area contributed by atoms with Gasteiger partial charge in [0.05, 0.1) is 6.54 Å². The van der Waals surface area contributed by atoms with E-state index in [4.69, 9.17) is 5.73 Å². The highest BCUT2D eigenvalue weighted by Crippen LogP contribution is 2.25. The lowest BCUT2D eigenvalue weighted by atomic mass is 10.2. The quantitative estimate of drug-likeness (QED) is 0.840. The van der Waals surface area contributed by atoms with Crippen LogP contribution in [0.15, 0.2) is 24.3 Å². The molecule has 0 bridgehead atoms. The van der Waals surface area contributed by atoms with Crippen LogP contribution in [0.3, 0.4) is 0 Å². The maximum absolute atomic E-state index is 12.1. The Bertz CT molecular complexity index is 393. The SMILES string of the molecule is NCC(=O)NCc1ccccc1OC(F)(F)F. The van der Waals surface area contributed by atoms with Crippen molar-refractivity contribution in [1.82, 2.24) is 5.32 Å². The number of amides is 1. The monoisotopic (exact) mass is 248 g/mol. The second kappa shape index (κ2) is 5.53. The number of nitrogens with two attached hydrogens (primary N) is 1. The molecule has 0 aliphatic carbocycles. The Morgan fingerprint density at radius 2 is 2.00 bits per heavy atom. The van der Waals surface area contributed by atoms with Crippen molar-refractivity contribution < 1.29 is 22.7 Å². The molecule has 17 heavy (non-hydrogen) atoms. The molecule has 0 atom stereocenters. The van der Waals surface area contributed by atoms with Crippen molar-refractivity contribution in [2.75, 3.05) is 6.54 Å². The first kappa shape index (κ1) is 13.3. The molecule has 0 aromatic heterocycles. The van der Waals surface area contributed by atoms with E-state index in [1.807, 2.05) is 0 Å². The van der Waals surface area contributed by atoms with Gasteiger partial charge < -0.3 is 15.8 Å². The van der Waals surface area contributed by atoms with Gasteiger partial charge in [-0.15, -0.1) is 13.2 Å². The molecule has 0 radical (unpaired) electrons. The Hall–Kier alpha value is -1.76. The Kier molecular flexibility index (Phi) is 4.33. The molecular weight excluding hydrogens is 237 g/mol. The zero-order valence-electron chi connectivity index (χ0n) is 8.75. The third-order valence-corrected chi connectivity index (χ3v) is 1.86. The van der Waals surface area contributed by atoms with Crippen LogP contribution < -0.4 is 15.8 Å². The molecule has 1 rings (SSSR count). The van der Waals surface area contributed by atoms with E-state index in [1.54, 1.807) is 6.07 Å². The van der Waals surface area contributed by atoms with E-state index < -0.39 is 12.3 Å². The van der Waals surface area contributed by atoms with Crippen molar-refractivity contribution in [1.29, 1.82) is 0 Å². The number of nitrogens with one attached hydrogen (secondary N) is 1. The first-order chi connectivity index (χ1) is 7.92. The van der Waals surface area contributed by atoms with Gasteiger partial charge in [-0.1, -0.05) is 18.2 Å². The molecule has 7 heteroatoms. The summed E-state index contributed by atoms with van der Waals surface area (Å²) in [6.07, 6.45) is -4.76. The number of carbonyl (C=O) groups is 1. The smallest absolute Gasteiger partial charge is 0.405 e. The molecule has 1 aromatic rings. The van der Waals surface area contributed by atoms with Gasteiger partial charge in [-0.25, -0.2) is 0 Å². The molecular formula is C10H11F3N2O2. The molecule has 0 heterocycles. The highest BCUT2D eigenvalue weighted by Gasteiger charge is 2.31. The Morgan fingerprint density at radius 3 is 2.59 bits per heavy atom. The predicted molar refractivity (Wildman–Crippen MR) is 54.0 cm³/mol. The van der Waals surface area contributed by atoms with Gasteiger partial charge in [0.1, 0.15) is 5.75 Å². The van der Waals surface area contributed by atoms with E-state index in [0.29, 0.717) is 0 Å². The fourth-order valence-corrected chi connectivity index (χ4v) is 1.14. The van der Waals surface area contributed by atoms with Crippen molar-refractivity contribution in [2.24, 2.45) is 5.73 Å². The number of ether oxygens (including phenoxy) is 1. The van der Waals surface area contributed by atoms with E-state index in [2.05, 4.69) is 10.1 Å². The topological polar surface area (TPSA) is 64.4 Å². The average Bonchev–Trinajstić information content (AvgIpc) is 2.25. The highest BCUT2D eigenvalue weighted by atomic mass is 19.4. The molecule has 0 unspecified atom stereocenters. The zero-order valence-corrected chi connectivity index (χ0v) is 8.75. The summed E-state index contributed by atoms with van der Waals surface area (Å²) in [6.45, 7) is -0.287. The minimum atomic E-state index is -4.76. The number of benzene rings is 1. The van der Waals surface area contributed by atoms with Crippen LogP contribution in [0.5, 0.6) is 5.75 Å². The maximum Gasteiger partial charge on any atom is 0.573 e. The van der Waals surface area contributed by atoms with Gasteiger partial charge in [0.25, 0.3) is 0 Å². The summed E-state index contributed by atoms with van der Waals surface area (Å²) in [5.74, 6) is -0.788. The molecule has 3 N–H and O–H groups in total. The maximum atomic E-state index is 12.1. The molecule has 0 fully saturated rings. The average molecular weight is 248 g/mol. The molecule has 1 aromatic carbocycles. The van der Waals surface area contributed by atoms with Crippen molar-refractivity contribution in [3.05, 3.63) is 29.8 Å². The van der Waals surface area contributed by atoms with Gasteiger partial charge in [0.2, 0.25) is 5.91 Å². The molecule has 0 spiro atoms. The number of hydrogen-bond acceptors (Lipinski definition) is 3.